The Hall–Kier alpha value is -2.99. The summed E-state index contributed by atoms with van der Waals surface area (Å²) in [6.45, 7) is 3.90. The lowest BCUT2D eigenvalue weighted by atomic mass is 9.99. The number of carbonyl (C=O) groups excluding carboxylic acids is 1. The van der Waals surface area contributed by atoms with E-state index in [0.717, 1.165) is 35.0 Å². The molecule has 2 N–H and O–H groups in total. The summed E-state index contributed by atoms with van der Waals surface area (Å²) < 4.78 is 5.32. The van der Waals surface area contributed by atoms with Crippen molar-refractivity contribution in [3.05, 3.63) is 59.8 Å². The maximum Gasteiger partial charge on any atom is 0.227 e. The Balaban J connectivity index is 1.40. The summed E-state index contributed by atoms with van der Waals surface area (Å²) in [5, 5.41) is 7.31. The minimum Gasteiger partial charge on any atom is -0.381 e. The number of aromatic nitrogens is 2. The van der Waals surface area contributed by atoms with Crippen molar-refractivity contribution in [2.75, 3.05) is 18.5 Å². The summed E-state index contributed by atoms with van der Waals surface area (Å²) >= 11 is 0. The van der Waals surface area contributed by atoms with E-state index in [4.69, 9.17) is 4.74 Å². The number of carbonyl (C=O) groups is 1. The zero-order chi connectivity index (χ0) is 19.3. The number of amides is 1. The van der Waals surface area contributed by atoms with Gasteiger partial charge in [0.1, 0.15) is 0 Å². The van der Waals surface area contributed by atoms with Crippen LogP contribution in [-0.4, -0.2) is 29.1 Å². The monoisotopic (exact) mass is 376 g/mol. The zero-order valence-electron chi connectivity index (χ0n) is 15.9. The fraction of sp³-hybridized carbons (Fsp3) is 0.318. The third-order valence-electron chi connectivity index (χ3n) is 4.98. The van der Waals surface area contributed by atoms with Crippen molar-refractivity contribution in [3.63, 3.8) is 0 Å². The lowest BCUT2D eigenvalue weighted by Crippen LogP contribution is -2.33. The molecule has 1 amide bonds. The summed E-state index contributed by atoms with van der Waals surface area (Å²) in [5.41, 5.74) is 4.02. The SMILES string of the molecule is Cc1ccc2nc(Nc3cccc(CNC(=O)C4CCOCC4)c3)ncc2c1. The van der Waals surface area contributed by atoms with Crippen LogP contribution in [0.2, 0.25) is 0 Å². The van der Waals surface area contributed by atoms with Gasteiger partial charge < -0.3 is 15.4 Å². The molecule has 6 heteroatoms. The van der Waals surface area contributed by atoms with Crippen molar-refractivity contribution >= 4 is 28.4 Å². The van der Waals surface area contributed by atoms with E-state index < -0.39 is 0 Å². The highest BCUT2D eigenvalue weighted by Gasteiger charge is 2.21. The van der Waals surface area contributed by atoms with Crippen LogP contribution in [0.3, 0.4) is 0 Å². The maximum absolute atomic E-state index is 12.3. The second-order valence-corrected chi connectivity index (χ2v) is 7.19. The van der Waals surface area contributed by atoms with Crippen LogP contribution >= 0.6 is 0 Å². The molecule has 0 unspecified atom stereocenters. The number of hydrogen-bond donors (Lipinski definition) is 2. The van der Waals surface area contributed by atoms with Gasteiger partial charge in [-0.25, -0.2) is 9.97 Å². The lowest BCUT2D eigenvalue weighted by molar-refractivity contribution is -0.128. The Morgan fingerprint density at radius 1 is 1.18 bits per heavy atom. The lowest BCUT2D eigenvalue weighted by Gasteiger charge is -2.21. The molecular weight excluding hydrogens is 352 g/mol. The number of aryl methyl sites for hydroxylation is 1. The topological polar surface area (TPSA) is 76.1 Å². The van der Waals surface area contributed by atoms with Gasteiger partial charge in [-0.2, -0.15) is 0 Å². The number of anilines is 2. The maximum atomic E-state index is 12.3. The molecule has 28 heavy (non-hydrogen) atoms. The van der Waals surface area contributed by atoms with E-state index in [2.05, 4.69) is 33.6 Å². The van der Waals surface area contributed by atoms with E-state index >= 15 is 0 Å². The van der Waals surface area contributed by atoms with Crippen LogP contribution in [0.25, 0.3) is 10.9 Å². The first-order chi connectivity index (χ1) is 13.7. The van der Waals surface area contributed by atoms with E-state index in [1.54, 1.807) is 0 Å². The van der Waals surface area contributed by atoms with Crippen LogP contribution < -0.4 is 10.6 Å². The normalized spacial score (nSPS) is 14.8. The van der Waals surface area contributed by atoms with Crippen molar-refractivity contribution in [1.29, 1.82) is 0 Å². The number of hydrogen-bond acceptors (Lipinski definition) is 5. The Labute approximate surface area is 164 Å². The molecule has 2 heterocycles. The minimum atomic E-state index is 0.0599. The first-order valence-electron chi connectivity index (χ1n) is 9.62. The molecule has 1 saturated heterocycles. The van der Waals surface area contributed by atoms with Gasteiger partial charge >= 0.3 is 0 Å². The van der Waals surface area contributed by atoms with Crippen molar-refractivity contribution in [2.24, 2.45) is 5.92 Å². The summed E-state index contributed by atoms with van der Waals surface area (Å²) in [6, 6.07) is 14.0. The predicted octanol–water partition coefficient (Wildman–Crippen LogP) is 3.72. The summed E-state index contributed by atoms with van der Waals surface area (Å²) in [4.78, 5) is 21.3. The van der Waals surface area contributed by atoms with Crippen LogP contribution in [0, 0.1) is 12.8 Å². The van der Waals surface area contributed by atoms with Crippen LogP contribution in [-0.2, 0) is 16.1 Å². The van der Waals surface area contributed by atoms with Gasteiger partial charge in [-0.05, 0) is 49.6 Å². The van der Waals surface area contributed by atoms with Gasteiger partial charge in [0.25, 0.3) is 0 Å². The molecule has 0 radical (unpaired) electrons. The van der Waals surface area contributed by atoms with E-state index in [0.29, 0.717) is 25.7 Å². The summed E-state index contributed by atoms with van der Waals surface area (Å²) in [7, 11) is 0. The number of nitrogens with one attached hydrogen (secondary N) is 2. The Bertz CT molecular complexity index is 983. The Morgan fingerprint density at radius 3 is 2.89 bits per heavy atom. The zero-order valence-corrected chi connectivity index (χ0v) is 15.9. The molecule has 1 aliphatic rings. The smallest absolute Gasteiger partial charge is 0.227 e. The number of rotatable bonds is 5. The van der Waals surface area contributed by atoms with Gasteiger partial charge in [-0.1, -0.05) is 23.8 Å². The van der Waals surface area contributed by atoms with E-state index in [9.17, 15) is 4.79 Å². The fourth-order valence-corrected chi connectivity index (χ4v) is 3.39. The van der Waals surface area contributed by atoms with E-state index in [-0.39, 0.29) is 11.8 Å². The molecule has 0 aliphatic carbocycles. The van der Waals surface area contributed by atoms with Crippen molar-refractivity contribution in [2.45, 2.75) is 26.3 Å². The molecule has 1 fully saturated rings. The van der Waals surface area contributed by atoms with Crippen molar-refractivity contribution < 1.29 is 9.53 Å². The predicted molar refractivity (Wildman–Crippen MR) is 109 cm³/mol. The number of ether oxygens (including phenoxy) is 1. The Kier molecular flexibility index (Phi) is 5.48. The van der Waals surface area contributed by atoms with Gasteiger partial charge in [0.05, 0.1) is 5.52 Å². The van der Waals surface area contributed by atoms with Gasteiger partial charge in [0, 0.05) is 42.9 Å². The molecule has 0 saturated carbocycles. The Morgan fingerprint density at radius 2 is 2.04 bits per heavy atom. The van der Waals surface area contributed by atoms with Crippen LogP contribution in [0.15, 0.2) is 48.7 Å². The summed E-state index contributed by atoms with van der Waals surface area (Å²) in [6.07, 6.45) is 3.42. The number of nitrogens with zero attached hydrogens (tertiary/aromatic N) is 2. The highest BCUT2D eigenvalue weighted by molar-refractivity contribution is 5.80. The van der Waals surface area contributed by atoms with Gasteiger partial charge in [0.2, 0.25) is 11.9 Å². The molecule has 0 atom stereocenters. The average molecular weight is 376 g/mol. The van der Waals surface area contributed by atoms with Gasteiger partial charge in [-0.3, -0.25) is 4.79 Å². The molecule has 2 aromatic carbocycles. The molecule has 1 aromatic heterocycles. The third kappa shape index (κ3) is 4.46. The van der Waals surface area contributed by atoms with Gasteiger partial charge in [0.15, 0.2) is 0 Å². The molecule has 3 aromatic rings. The van der Waals surface area contributed by atoms with Crippen LogP contribution in [0.4, 0.5) is 11.6 Å². The van der Waals surface area contributed by atoms with E-state index in [1.807, 2.05) is 42.6 Å². The fourth-order valence-electron chi connectivity index (χ4n) is 3.39. The molecule has 144 valence electrons. The first-order valence-corrected chi connectivity index (χ1v) is 9.62. The van der Waals surface area contributed by atoms with Crippen LogP contribution in [0.1, 0.15) is 24.0 Å². The molecule has 6 nitrogen and oxygen atoms in total. The number of benzene rings is 2. The average Bonchev–Trinajstić information content (AvgIpc) is 2.73. The van der Waals surface area contributed by atoms with Crippen molar-refractivity contribution in [3.8, 4) is 0 Å². The number of fused-ring (bicyclic) bond motifs is 1. The molecule has 0 bridgehead atoms. The van der Waals surface area contributed by atoms with Crippen molar-refractivity contribution in [1.82, 2.24) is 15.3 Å². The van der Waals surface area contributed by atoms with E-state index in [1.165, 1.54) is 5.56 Å². The highest BCUT2D eigenvalue weighted by atomic mass is 16.5. The van der Waals surface area contributed by atoms with Gasteiger partial charge in [-0.15, -0.1) is 0 Å². The largest absolute Gasteiger partial charge is 0.381 e. The highest BCUT2D eigenvalue weighted by Crippen LogP contribution is 2.19. The molecule has 0 spiro atoms. The second-order valence-electron chi connectivity index (χ2n) is 7.19. The minimum absolute atomic E-state index is 0.0599. The summed E-state index contributed by atoms with van der Waals surface area (Å²) in [5.74, 6) is 0.722. The molecule has 4 rings (SSSR count). The quantitative estimate of drug-likeness (QED) is 0.710. The standard InChI is InChI=1S/C22H24N4O2/c1-15-5-6-20-18(11-15)14-24-22(26-20)25-19-4-2-3-16(12-19)13-23-21(27)17-7-9-28-10-8-17/h2-6,11-12,14,17H,7-10,13H2,1H3,(H,23,27)(H,24,25,26). The molecule has 1 aliphatic heterocycles. The third-order valence-corrected chi connectivity index (χ3v) is 4.98. The molecular formula is C22H24N4O2. The second kappa shape index (κ2) is 8.35. The van der Waals surface area contributed by atoms with Crippen LogP contribution in [0.5, 0.6) is 0 Å². The first kappa shape index (κ1) is 18.4.